The first-order valence-corrected chi connectivity index (χ1v) is 82.6. The van der Waals surface area contributed by atoms with Crippen molar-refractivity contribution in [3.05, 3.63) is 176 Å². The summed E-state index contributed by atoms with van der Waals surface area (Å²) in [6.45, 7) is 25.6. The van der Waals surface area contributed by atoms with E-state index in [1.54, 1.807) is 0 Å². The SMILES string of the molecule is CCC1CC2CC(N=Cc3cccc(C)c3O)C1C2.Cc1cccc(C=NC2CC3CC(C)C2C3)c1O.Cc1cccc(C=NC2CC3CC(C)C2C3)c1O.Cc1cccc(C=NC2CC3CC(C)C2C3)c1O.Cc1cccc(C=NC2CC3CC(C)C2C3)c1O.Cc1cccc(C=NC2CC3CC(C)C2C3)c1O.[Cl][Zr][Cl].[Cl][Zr][Cl].[Cl][Zr][Cl].[Cl][Zr][Cl].[Cl][Zr][Cl].[Cl][Zr][Cl]. The van der Waals surface area contributed by atoms with Gasteiger partial charge in [-0.25, -0.2) is 0 Å². The van der Waals surface area contributed by atoms with Crippen LogP contribution in [0.15, 0.2) is 139 Å². The molecule has 6 aromatic rings. The summed E-state index contributed by atoms with van der Waals surface area (Å²) in [4.78, 5) is 28.5. The summed E-state index contributed by atoms with van der Waals surface area (Å²) in [7, 11) is 59.2. The monoisotopic (exact) mass is 2430 g/mol. The van der Waals surface area contributed by atoms with Crippen molar-refractivity contribution in [1.29, 1.82) is 0 Å². The van der Waals surface area contributed by atoms with Crippen LogP contribution in [0, 0.1) is 148 Å². The van der Waals surface area contributed by atoms with Crippen molar-refractivity contribution in [3.63, 3.8) is 0 Å². The van der Waals surface area contributed by atoms with Crippen molar-refractivity contribution in [2.24, 2.45) is 136 Å². The van der Waals surface area contributed by atoms with Crippen molar-refractivity contribution >= 4 is 139 Å². The second-order valence-electron chi connectivity index (χ2n) is 37.1. The normalized spacial score (nSPS) is 30.1. The molecule has 24 unspecified atom stereocenters. The molecule has 12 bridgehead atoms. The number of aromatic hydroxyl groups is 6. The number of para-hydroxylation sites is 6. The van der Waals surface area contributed by atoms with Crippen molar-refractivity contribution < 1.29 is 156 Å². The average molecular weight is 2450 g/mol. The first-order valence-electron chi connectivity index (χ1n) is 44.6. The van der Waals surface area contributed by atoms with Crippen LogP contribution in [0.25, 0.3) is 0 Å². The number of aryl methyl sites for hydroxylation is 6. The molecule has 0 spiro atoms. The number of nitrogens with zero attached hydrogens (tertiary/aromatic N) is 6. The molecule has 12 aliphatic rings. The molecule has 24 atom stereocenters. The molecule has 0 saturated heterocycles. The Kier molecular flexibility index (Phi) is 55.0. The molecule has 0 aromatic heterocycles. The Morgan fingerprint density at radius 1 is 0.244 bits per heavy atom. The third-order valence-electron chi connectivity index (χ3n) is 29.0. The van der Waals surface area contributed by atoms with E-state index in [4.69, 9.17) is 132 Å². The van der Waals surface area contributed by atoms with Gasteiger partial charge in [0.25, 0.3) is 0 Å². The topological polar surface area (TPSA) is 196 Å². The first kappa shape index (κ1) is 115. The number of benzene rings is 6. The van der Waals surface area contributed by atoms with E-state index in [1.165, 1.54) is 122 Å². The Bertz CT molecular complexity index is 3960. The van der Waals surface area contributed by atoms with Gasteiger partial charge in [0.1, 0.15) is 34.5 Å². The van der Waals surface area contributed by atoms with Gasteiger partial charge in [0.15, 0.2) is 0 Å². The van der Waals surface area contributed by atoms with Gasteiger partial charge in [0, 0.05) is 70.7 Å². The second kappa shape index (κ2) is 60.8. The van der Waals surface area contributed by atoms with Gasteiger partial charge in [-0.1, -0.05) is 121 Å². The second-order valence-corrected chi connectivity index (χ2v) is 59.4. The molecule has 690 valence electrons. The Morgan fingerprint density at radius 3 is 0.535 bits per heavy atom. The Labute approximate surface area is 871 Å². The fraction of sp³-hybridized carbons (Fsp3) is 0.567. The summed E-state index contributed by atoms with van der Waals surface area (Å²) in [5.41, 5.74) is 10.6. The van der Waals surface area contributed by atoms with Crippen LogP contribution in [-0.4, -0.2) is 104 Å². The van der Waals surface area contributed by atoms with Crippen molar-refractivity contribution in [2.75, 3.05) is 0 Å². The minimum absolute atomic E-state index is 0.373. The Hall–Kier alpha value is 0.919. The number of hydrogen-bond donors (Lipinski definition) is 6. The van der Waals surface area contributed by atoms with Gasteiger partial charge in [-0.3, -0.25) is 30.0 Å². The molecule has 12 aliphatic carbocycles. The molecule has 0 heterocycles. The van der Waals surface area contributed by atoms with E-state index in [0.717, 1.165) is 173 Å². The van der Waals surface area contributed by atoms with Crippen LogP contribution in [0.4, 0.5) is 0 Å². The number of rotatable bonds is 13. The Morgan fingerprint density at radius 2 is 0.394 bits per heavy atom. The summed E-state index contributed by atoms with van der Waals surface area (Å²) in [5, 5.41) is 59.8. The van der Waals surface area contributed by atoms with Gasteiger partial charge in [-0.2, -0.15) is 0 Å². The zero-order chi connectivity index (χ0) is 93.1. The molecule has 0 radical (unpaired) electrons. The Balaban J connectivity index is 0.000000201. The van der Waals surface area contributed by atoms with Gasteiger partial charge in [0.05, 0.1) is 36.3 Å². The van der Waals surface area contributed by atoms with Crippen LogP contribution in [0.2, 0.25) is 0 Å². The molecule has 30 heteroatoms. The molecule has 12 saturated carbocycles. The molecule has 18 rings (SSSR count). The summed E-state index contributed by atoms with van der Waals surface area (Å²) in [6.07, 6.45) is 36.6. The van der Waals surface area contributed by atoms with Crippen LogP contribution in [0.5, 0.6) is 34.5 Å². The third kappa shape index (κ3) is 35.3. The summed E-state index contributed by atoms with van der Waals surface area (Å²) >= 11 is -4.95. The third-order valence-corrected chi connectivity index (χ3v) is 29.0. The van der Waals surface area contributed by atoms with E-state index >= 15 is 0 Å². The molecule has 6 N–H and O–H groups in total. The van der Waals surface area contributed by atoms with Gasteiger partial charge >= 0.3 is 227 Å². The number of phenols is 6. The van der Waals surface area contributed by atoms with Crippen LogP contribution in [0.1, 0.15) is 230 Å². The maximum atomic E-state index is 10.0. The van der Waals surface area contributed by atoms with Crippen molar-refractivity contribution in [3.8, 4) is 34.5 Å². The zero-order valence-corrected chi connectivity index (χ0v) is 98.9. The zero-order valence-electron chi connectivity index (χ0n) is 75.0. The maximum absolute atomic E-state index is 10.0. The predicted octanol–water partition coefficient (Wildman–Crippen LogP) is 30.0. The van der Waals surface area contributed by atoms with Crippen LogP contribution >= 0.6 is 102 Å². The molecule has 12 fully saturated rings. The minimum atomic E-state index is -0.826. The molecule has 12 nitrogen and oxygen atoms in total. The standard InChI is InChI=1S/C17H23NO.5C16H21NO.12ClH.6Zr/c1-3-13-7-12-8-15(13)16(9-12)18-10-14-6-4-5-11(2)17(14)19;5*1-10-4-3-5-13(16(10)18)9-17-15-8-12-6-11(2)14(15)7-12;;;;;;;;;;;;;;;;;;/h4-6,10,12-13,15-16,19H,3,7-9H2,1-2H3;5*3-5,9,11-12,14-15,18H,6-8H2,1-2H3;12*1H;;;;;;/q;;;;;;;;;;;;;;;;;;6*+2/p-12. The van der Waals surface area contributed by atoms with Crippen LogP contribution in [-0.2, 0) is 125 Å². The van der Waals surface area contributed by atoms with E-state index in [2.05, 4.69) is 41.5 Å². The van der Waals surface area contributed by atoms with Crippen molar-refractivity contribution in [2.45, 2.75) is 241 Å². The number of aliphatic imine (C=N–C) groups is 6. The van der Waals surface area contributed by atoms with Gasteiger partial charge < -0.3 is 30.6 Å². The van der Waals surface area contributed by atoms with Gasteiger partial charge in [0.2, 0.25) is 0 Å². The summed E-state index contributed by atoms with van der Waals surface area (Å²) in [5.74, 6) is 17.4. The van der Waals surface area contributed by atoms with E-state index in [0.29, 0.717) is 70.7 Å². The molecule has 6 aromatic carbocycles. The van der Waals surface area contributed by atoms with Crippen LogP contribution in [0.3, 0.4) is 0 Å². The van der Waals surface area contributed by atoms with Gasteiger partial charge in [-0.05, 0) is 333 Å². The fourth-order valence-corrected chi connectivity index (χ4v) is 23.0. The molecule has 127 heavy (non-hydrogen) atoms. The quantitative estimate of drug-likeness (QED) is 0.0622. The summed E-state index contributed by atoms with van der Waals surface area (Å²) < 4.78 is 0. The molecular weight excluding hydrogens is 2320 g/mol. The predicted molar refractivity (Wildman–Crippen MR) is 520 cm³/mol. The van der Waals surface area contributed by atoms with E-state index in [-0.39, 0.29) is 0 Å². The number of fused-ring (bicyclic) bond motifs is 12. The molecule has 0 amide bonds. The van der Waals surface area contributed by atoms with Gasteiger partial charge in [-0.15, -0.1) is 0 Å². The van der Waals surface area contributed by atoms with E-state index in [1.807, 2.05) is 188 Å². The van der Waals surface area contributed by atoms with E-state index < -0.39 is 125 Å². The van der Waals surface area contributed by atoms with Crippen molar-refractivity contribution in [1.82, 2.24) is 0 Å². The molecular formula is C97H128Cl12N6O6Zr6. The number of halogens is 12. The fourth-order valence-electron chi connectivity index (χ4n) is 23.0. The summed E-state index contributed by atoms with van der Waals surface area (Å²) in [6, 6.07) is 37.9. The number of phenolic OH excluding ortho intramolecular Hbond substituents is 6. The first-order chi connectivity index (χ1) is 60.9. The molecule has 0 aliphatic heterocycles. The van der Waals surface area contributed by atoms with Crippen LogP contribution < -0.4 is 0 Å². The van der Waals surface area contributed by atoms with E-state index in [9.17, 15) is 30.6 Å². The number of hydrogen-bond acceptors (Lipinski definition) is 12. The average Bonchev–Trinajstić information content (AvgIpc) is 1.67.